The van der Waals surface area contributed by atoms with Crippen molar-refractivity contribution >= 4 is 11.8 Å². The fourth-order valence-electron chi connectivity index (χ4n) is 2.84. The third-order valence-electron chi connectivity index (χ3n) is 4.46. The van der Waals surface area contributed by atoms with Crippen molar-refractivity contribution in [3.63, 3.8) is 0 Å². The summed E-state index contributed by atoms with van der Waals surface area (Å²) >= 11 is 1.70. The predicted octanol–water partition coefficient (Wildman–Crippen LogP) is 4.25. The zero-order valence-corrected chi connectivity index (χ0v) is 15.5. The highest BCUT2D eigenvalue weighted by molar-refractivity contribution is 8.02. The molecule has 0 amide bonds. The first-order valence-electron chi connectivity index (χ1n) is 8.50. The Bertz CT molecular complexity index is 936. The van der Waals surface area contributed by atoms with E-state index in [1.807, 2.05) is 50.2 Å². The Morgan fingerprint density at radius 1 is 1.12 bits per heavy atom. The number of fused-ring (bicyclic) bond motifs is 1. The van der Waals surface area contributed by atoms with E-state index in [0.717, 1.165) is 28.3 Å². The fourth-order valence-corrected chi connectivity index (χ4v) is 3.65. The van der Waals surface area contributed by atoms with Crippen LogP contribution >= 0.6 is 11.8 Å². The van der Waals surface area contributed by atoms with Crippen LogP contribution in [0.1, 0.15) is 23.0 Å². The van der Waals surface area contributed by atoms with Gasteiger partial charge >= 0.3 is 0 Å². The van der Waals surface area contributed by atoms with Crippen molar-refractivity contribution < 1.29 is 4.74 Å². The number of rotatable bonds is 4. The highest BCUT2D eigenvalue weighted by atomic mass is 32.2. The Balaban J connectivity index is 1.67. The molecule has 1 aliphatic heterocycles. The molecule has 0 aliphatic carbocycles. The normalized spacial score (nSPS) is 17.6. The van der Waals surface area contributed by atoms with E-state index in [0.29, 0.717) is 6.61 Å². The average Bonchev–Trinajstić information content (AvgIpc) is 3.00. The van der Waals surface area contributed by atoms with Crippen LogP contribution in [0.3, 0.4) is 0 Å². The molecule has 1 unspecified atom stereocenters. The smallest absolute Gasteiger partial charge is 0.125 e. The molecule has 4 rings (SSSR count). The average molecular weight is 364 g/mol. The number of thioether (sulfide) groups is 1. The lowest BCUT2D eigenvalue weighted by molar-refractivity contribution is 0.319. The molecule has 0 spiro atoms. The van der Waals surface area contributed by atoms with Gasteiger partial charge in [-0.3, -0.25) is 5.43 Å². The molecule has 3 aromatic rings. The highest BCUT2D eigenvalue weighted by Gasteiger charge is 2.26. The maximum Gasteiger partial charge on any atom is 0.125 e. The summed E-state index contributed by atoms with van der Waals surface area (Å²) in [5.41, 5.74) is 7.68. The molecule has 0 saturated carbocycles. The summed E-state index contributed by atoms with van der Waals surface area (Å²) < 4.78 is 5.96. The molecule has 0 saturated heterocycles. The molecule has 1 N–H and O–H groups in total. The first kappa shape index (κ1) is 16.7. The number of aromatic nitrogens is 3. The van der Waals surface area contributed by atoms with Crippen LogP contribution in [-0.2, 0) is 0 Å². The molecule has 2 heterocycles. The van der Waals surface area contributed by atoms with Gasteiger partial charge in [-0.25, -0.2) is 0 Å². The van der Waals surface area contributed by atoms with Gasteiger partial charge in [-0.2, -0.15) is 4.79 Å². The molecule has 1 aliphatic rings. The third kappa shape index (κ3) is 3.32. The zero-order chi connectivity index (χ0) is 17.9. The number of nitrogens with zero attached hydrogens (tertiary/aromatic N) is 3. The van der Waals surface area contributed by atoms with Crippen LogP contribution in [0.4, 0.5) is 0 Å². The number of hydrogen-bond acceptors (Lipinski definition) is 5. The zero-order valence-electron chi connectivity index (χ0n) is 14.7. The van der Waals surface area contributed by atoms with Crippen LogP contribution in [0, 0.1) is 13.8 Å². The van der Waals surface area contributed by atoms with Gasteiger partial charge in [0.1, 0.15) is 12.4 Å². The first-order chi connectivity index (χ1) is 12.7. The molecule has 2 aromatic carbocycles. The lowest BCUT2D eigenvalue weighted by Gasteiger charge is -2.30. The molecule has 5 nitrogen and oxygen atoms in total. The van der Waals surface area contributed by atoms with E-state index in [4.69, 9.17) is 4.74 Å². The second-order valence-corrected chi connectivity index (χ2v) is 7.13. The minimum atomic E-state index is -0.0176. The SMILES string of the molecule is Cc1nnn(NC2/C(=C\Sc3ccccc3)COc3ccccc32)c1C. The Kier molecular flexibility index (Phi) is 4.67. The minimum absolute atomic E-state index is 0.0176. The number of ether oxygens (including phenoxy) is 1. The van der Waals surface area contributed by atoms with E-state index in [9.17, 15) is 0 Å². The van der Waals surface area contributed by atoms with Gasteiger partial charge in [0.05, 0.1) is 17.4 Å². The van der Waals surface area contributed by atoms with Crippen LogP contribution in [0.15, 0.2) is 70.5 Å². The quantitative estimate of drug-likeness (QED) is 0.702. The van der Waals surface area contributed by atoms with Gasteiger partial charge in [-0.1, -0.05) is 48.2 Å². The van der Waals surface area contributed by atoms with Gasteiger partial charge in [0, 0.05) is 16.0 Å². The number of aryl methyl sites for hydroxylation is 1. The molecule has 132 valence electrons. The molecular formula is C20H20N4OS. The second kappa shape index (κ2) is 7.25. The Hall–Kier alpha value is -2.73. The standard InChI is InChI=1S/C20H20N4OS/c1-14-15(2)24(23-21-14)22-20-16(13-26-17-8-4-3-5-9-17)12-25-19-11-7-6-10-18(19)20/h3-11,13,20,22H,12H2,1-2H3/b16-13-. The van der Waals surface area contributed by atoms with Crippen molar-refractivity contribution in [1.29, 1.82) is 0 Å². The number of hydrogen-bond donors (Lipinski definition) is 1. The molecular weight excluding hydrogens is 344 g/mol. The Labute approximate surface area is 157 Å². The summed E-state index contributed by atoms with van der Waals surface area (Å²) in [4.78, 5) is 2.95. The van der Waals surface area contributed by atoms with Crippen LogP contribution in [0.2, 0.25) is 0 Å². The lowest BCUT2D eigenvalue weighted by Crippen LogP contribution is -2.30. The number of benzene rings is 2. The summed E-state index contributed by atoms with van der Waals surface area (Å²) in [6, 6.07) is 18.4. The van der Waals surface area contributed by atoms with Crippen molar-refractivity contribution in [3.8, 4) is 5.75 Å². The van der Waals surface area contributed by atoms with Gasteiger partial charge in [-0.05, 0) is 42.7 Å². The Morgan fingerprint density at radius 2 is 1.88 bits per heavy atom. The van der Waals surface area contributed by atoms with Crippen molar-refractivity contribution in [3.05, 3.63) is 82.5 Å². The van der Waals surface area contributed by atoms with Crippen LogP contribution in [-0.4, -0.2) is 21.7 Å². The second-order valence-electron chi connectivity index (χ2n) is 6.18. The largest absolute Gasteiger partial charge is 0.489 e. The van der Waals surface area contributed by atoms with Crippen molar-refractivity contribution in [2.24, 2.45) is 0 Å². The van der Waals surface area contributed by atoms with Crippen LogP contribution in [0.25, 0.3) is 0 Å². The summed E-state index contributed by atoms with van der Waals surface area (Å²) in [6.45, 7) is 4.51. The summed E-state index contributed by atoms with van der Waals surface area (Å²) in [5.74, 6) is 0.904. The van der Waals surface area contributed by atoms with Gasteiger partial charge in [0.15, 0.2) is 0 Å². The van der Waals surface area contributed by atoms with E-state index < -0.39 is 0 Å². The highest BCUT2D eigenvalue weighted by Crippen LogP contribution is 2.37. The van der Waals surface area contributed by atoms with Crippen molar-refractivity contribution in [2.45, 2.75) is 24.8 Å². The molecule has 1 aromatic heterocycles. The molecule has 26 heavy (non-hydrogen) atoms. The van der Waals surface area contributed by atoms with Crippen LogP contribution in [0.5, 0.6) is 5.75 Å². The fraction of sp³-hybridized carbons (Fsp3) is 0.200. The van der Waals surface area contributed by atoms with Gasteiger partial charge < -0.3 is 4.74 Å². The molecule has 1 atom stereocenters. The van der Waals surface area contributed by atoms with Gasteiger partial charge in [0.2, 0.25) is 0 Å². The summed E-state index contributed by atoms with van der Waals surface area (Å²) in [7, 11) is 0. The first-order valence-corrected chi connectivity index (χ1v) is 9.38. The van der Waals surface area contributed by atoms with Crippen LogP contribution < -0.4 is 10.2 Å². The Morgan fingerprint density at radius 3 is 2.65 bits per heavy atom. The third-order valence-corrected chi connectivity index (χ3v) is 5.43. The van der Waals surface area contributed by atoms with E-state index in [1.165, 1.54) is 4.90 Å². The molecule has 6 heteroatoms. The minimum Gasteiger partial charge on any atom is -0.489 e. The maximum absolute atomic E-state index is 5.96. The number of nitrogens with one attached hydrogen (secondary N) is 1. The predicted molar refractivity (Wildman–Crippen MR) is 104 cm³/mol. The van der Waals surface area contributed by atoms with E-state index in [-0.39, 0.29) is 6.04 Å². The monoisotopic (exact) mass is 364 g/mol. The van der Waals surface area contributed by atoms with Crippen molar-refractivity contribution in [2.75, 3.05) is 12.0 Å². The molecule has 0 radical (unpaired) electrons. The van der Waals surface area contributed by atoms with E-state index in [2.05, 4.69) is 39.3 Å². The van der Waals surface area contributed by atoms with Gasteiger partial charge in [-0.15, -0.1) is 5.10 Å². The topological polar surface area (TPSA) is 52.0 Å². The van der Waals surface area contributed by atoms with E-state index in [1.54, 1.807) is 16.6 Å². The van der Waals surface area contributed by atoms with Gasteiger partial charge in [0.25, 0.3) is 0 Å². The molecule has 0 fully saturated rings. The molecule has 0 bridgehead atoms. The van der Waals surface area contributed by atoms with Crippen molar-refractivity contribution in [1.82, 2.24) is 15.1 Å². The summed E-state index contributed by atoms with van der Waals surface area (Å²) in [5, 5.41) is 10.5. The van der Waals surface area contributed by atoms with E-state index >= 15 is 0 Å². The number of para-hydroxylation sites is 1. The summed E-state index contributed by atoms with van der Waals surface area (Å²) in [6.07, 6.45) is 0. The maximum atomic E-state index is 5.96. The lowest BCUT2D eigenvalue weighted by atomic mass is 9.97.